The van der Waals surface area contributed by atoms with Gasteiger partial charge >= 0.3 is 0 Å². The molecule has 1 aliphatic rings. The molecule has 4 heteroatoms. The van der Waals surface area contributed by atoms with Crippen molar-refractivity contribution >= 4 is 11.6 Å². The number of anilines is 1. The minimum Gasteiger partial charge on any atom is -0.381 e. The van der Waals surface area contributed by atoms with Gasteiger partial charge in [0.25, 0.3) is 0 Å². The zero-order chi connectivity index (χ0) is 14.5. The van der Waals surface area contributed by atoms with Gasteiger partial charge < -0.3 is 11.1 Å². The summed E-state index contributed by atoms with van der Waals surface area (Å²) in [6.45, 7) is 6.61. The van der Waals surface area contributed by atoms with Gasteiger partial charge in [0.2, 0.25) is 5.91 Å². The summed E-state index contributed by atoms with van der Waals surface area (Å²) in [5, 5.41) is 3.56. The first-order valence-corrected chi connectivity index (χ1v) is 7.41. The third-order valence-electron chi connectivity index (χ3n) is 3.83. The first kappa shape index (κ1) is 14.9. The third kappa shape index (κ3) is 4.23. The summed E-state index contributed by atoms with van der Waals surface area (Å²) >= 11 is 0. The van der Waals surface area contributed by atoms with Crippen LogP contribution >= 0.6 is 0 Å². The molecule has 0 unspecified atom stereocenters. The number of nitrogens with two attached hydrogens (primary N) is 1. The van der Waals surface area contributed by atoms with E-state index in [9.17, 15) is 4.79 Å². The Balaban J connectivity index is 1.90. The summed E-state index contributed by atoms with van der Waals surface area (Å²) in [6.07, 6.45) is 2.25. The molecule has 110 valence electrons. The Morgan fingerprint density at radius 1 is 1.40 bits per heavy atom. The molecule has 1 fully saturated rings. The highest BCUT2D eigenvalue weighted by Gasteiger charge is 2.20. The molecular weight excluding hydrogens is 250 g/mol. The number of piperidine rings is 1. The fourth-order valence-corrected chi connectivity index (χ4v) is 2.74. The van der Waals surface area contributed by atoms with Crippen LogP contribution in [0.1, 0.15) is 38.2 Å². The van der Waals surface area contributed by atoms with Crippen molar-refractivity contribution in [2.45, 2.75) is 38.6 Å². The highest BCUT2D eigenvalue weighted by molar-refractivity contribution is 5.75. The lowest BCUT2D eigenvalue weighted by Gasteiger charge is -2.32. The number of hydrogen-bond acceptors (Lipinski definition) is 3. The molecular formula is C16H25N3O. The molecule has 1 aromatic rings. The maximum absolute atomic E-state index is 11.0. The predicted octanol–water partition coefficient (Wildman–Crippen LogP) is 2.17. The lowest BCUT2D eigenvalue weighted by Crippen LogP contribution is -2.45. The predicted molar refractivity (Wildman–Crippen MR) is 82.8 cm³/mol. The average Bonchev–Trinajstić information content (AvgIpc) is 2.39. The van der Waals surface area contributed by atoms with Gasteiger partial charge in [-0.2, -0.15) is 0 Å². The van der Waals surface area contributed by atoms with Gasteiger partial charge in [0.15, 0.2) is 0 Å². The molecule has 1 saturated heterocycles. The molecule has 1 amide bonds. The van der Waals surface area contributed by atoms with Gasteiger partial charge in [0, 0.05) is 18.3 Å². The highest BCUT2D eigenvalue weighted by atomic mass is 16.1. The van der Waals surface area contributed by atoms with Crippen LogP contribution in [0.5, 0.6) is 0 Å². The number of nitrogens with zero attached hydrogens (tertiary/aromatic N) is 1. The quantitative estimate of drug-likeness (QED) is 0.866. The molecule has 0 spiro atoms. The highest BCUT2D eigenvalue weighted by Crippen LogP contribution is 2.19. The van der Waals surface area contributed by atoms with E-state index in [-0.39, 0.29) is 5.91 Å². The Labute approximate surface area is 121 Å². The Bertz CT molecular complexity index is 442. The van der Waals surface area contributed by atoms with Crippen molar-refractivity contribution in [1.29, 1.82) is 0 Å². The van der Waals surface area contributed by atoms with E-state index in [0.717, 1.165) is 31.6 Å². The number of primary amides is 1. The van der Waals surface area contributed by atoms with E-state index in [0.29, 0.717) is 18.5 Å². The fraction of sp³-hybridized carbons (Fsp3) is 0.562. The molecule has 1 atom stereocenters. The van der Waals surface area contributed by atoms with Crippen molar-refractivity contribution in [3.05, 3.63) is 29.8 Å². The molecule has 0 aliphatic carbocycles. The first-order chi connectivity index (χ1) is 9.54. The number of carbonyl (C=O) groups is 1. The number of hydrogen-bond donors (Lipinski definition) is 2. The largest absolute Gasteiger partial charge is 0.381 e. The summed E-state index contributed by atoms with van der Waals surface area (Å²) in [5.41, 5.74) is 7.77. The van der Waals surface area contributed by atoms with Gasteiger partial charge in [-0.05, 0) is 43.0 Å². The third-order valence-corrected chi connectivity index (χ3v) is 3.83. The second kappa shape index (κ2) is 6.75. The standard InChI is InChI=1S/C16H25N3O/c1-12(2)13-5-7-14(8-6-13)18-15-4-3-9-19(10-15)11-16(17)20/h5-8,12,15,18H,3-4,9-11H2,1-2H3,(H2,17,20)/t15-/m0/s1. The Hall–Kier alpha value is -1.55. The van der Waals surface area contributed by atoms with Crippen LogP contribution in [0.25, 0.3) is 0 Å². The molecule has 0 radical (unpaired) electrons. The summed E-state index contributed by atoms with van der Waals surface area (Å²) in [7, 11) is 0. The summed E-state index contributed by atoms with van der Waals surface area (Å²) in [5.74, 6) is 0.316. The molecule has 0 aromatic heterocycles. The van der Waals surface area contributed by atoms with Crippen LogP contribution in [-0.2, 0) is 4.79 Å². The van der Waals surface area contributed by atoms with Crippen molar-refractivity contribution in [1.82, 2.24) is 4.90 Å². The normalized spacial score (nSPS) is 20.1. The minimum absolute atomic E-state index is 0.244. The first-order valence-electron chi connectivity index (χ1n) is 7.41. The van der Waals surface area contributed by atoms with Crippen LogP contribution in [0.15, 0.2) is 24.3 Å². The van der Waals surface area contributed by atoms with E-state index in [1.165, 1.54) is 5.56 Å². The lowest BCUT2D eigenvalue weighted by molar-refractivity contribution is -0.119. The molecule has 1 aliphatic heterocycles. The van der Waals surface area contributed by atoms with E-state index < -0.39 is 0 Å². The molecule has 1 aromatic carbocycles. The summed E-state index contributed by atoms with van der Waals surface area (Å²) in [6, 6.07) is 9.03. The molecule has 20 heavy (non-hydrogen) atoms. The Morgan fingerprint density at radius 2 is 2.10 bits per heavy atom. The maximum atomic E-state index is 11.0. The van der Waals surface area contributed by atoms with Crippen LogP contribution in [-0.4, -0.2) is 36.5 Å². The van der Waals surface area contributed by atoms with Gasteiger partial charge in [0.05, 0.1) is 6.54 Å². The number of nitrogens with one attached hydrogen (secondary N) is 1. The molecule has 2 rings (SSSR count). The summed E-state index contributed by atoms with van der Waals surface area (Å²) in [4.78, 5) is 13.1. The lowest BCUT2D eigenvalue weighted by atomic mass is 10.0. The van der Waals surface area contributed by atoms with Crippen molar-refractivity contribution < 1.29 is 4.79 Å². The van der Waals surface area contributed by atoms with Crippen LogP contribution in [0.3, 0.4) is 0 Å². The van der Waals surface area contributed by atoms with E-state index in [4.69, 9.17) is 5.73 Å². The number of benzene rings is 1. The van der Waals surface area contributed by atoms with Gasteiger partial charge in [-0.15, -0.1) is 0 Å². The van der Waals surface area contributed by atoms with Crippen molar-refractivity contribution in [3.8, 4) is 0 Å². The summed E-state index contributed by atoms with van der Waals surface area (Å²) < 4.78 is 0. The smallest absolute Gasteiger partial charge is 0.231 e. The SMILES string of the molecule is CC(C)c1ccc(N[C@H]2CCCN(CC(N)=O)C2)cc1. The van der Waals surface area contributed by atoms with Crippen LogP contribution < -0.4 is 11.1 Å². The fourth-order valence-electron chi connectivity index (χ4n) is 2.74. The van der Waals surface area contributed by atoms with Crippen LogP contribution in [0.2, 0.25) is 0 Å². The number of likely N-dealkylation sites (tertiary alicyclic amines) is 1. The molecule has 1 heterocycles. The molecule has 0 saturated carbocycles. The van der Waals surface area contributed by atoms with Crippen LogP contribution in [0, 0.1) is 0 Å². The van der Waals surface area contributed by atoms with E-state index in [1.807, 2.05) is 0 Å². The number of rotatable bonds is 5. The topological polar surface area (TPSA) is 58.4 Å². The van der Waals surface area contributed by atoms with Gasteiger partial charge in [-0.1, -0.05) is 26.0 Å². The van der Waals surface area contributed by atoms with E-state index in [1.54, 1.807) is 0 Å². The zero-order valence-corrected chi connectivity index (χ0v) is 12.4. The minimum atomic E-state index is -0.244. The van der Waals surface area contributed by atoms with Gasteiger partial charge in [-0.3, -0.25) is 9.69 Å². The molecule has 0 bridgehead atoms. The second-order valence-electron chi connectivity index (χ2n) is 5.96. The maximum Gasteiger partial charge on any atom is 0.231 e. The average molecular weight is 275 g/mol. The van der Waals surface area contributed by atoms with E-state index in [2.05, 4.69) is 48.3 Å². The van der Waals surface area contributed by atoms with Gasteiger partial charge in [-0.25, -0.2) is 0 Å². The molecule has 3 N–H and O–H groups in total. The van der Waals surface area contributed by atoms with Crippen molar-refractivity contribution in [2.24, 2.45) is 5.73 Å². The Kier molecular flexibility index (Phi) is 5.01. The van der Waals surface area contributed by atoms with Crippen molar-refractivity contribution in [3.63, 3.8) is 0 Å². The Morgan fingerprint density at radius 3 is 2.70 bits per heavy atom. The monoisotopic (exact) mass is 275 g/mol. The van der Waals surface area contributed by atoms with Gasteiger partial charge in [0.1, 0.15) is 0 Å². The second-order valence-corrected chi connectivity index (χ2v) is 5.96. The zero-order valence-electron chi connectivity index (χ0n) is 12.4. The molecule has 4 nitrogen and oxygen atoms in total. The number of carbonyl (C=O) groups excluding carboxylic acids is 1. The van der Waals surface area contributed by atoms with E-state index >= 15 is 0 Å². The number of amides is 1. The van der Waals surface area contributed by atoms with Crippen LogP contribution in [0.4, 0.5) is 5.69 Å². The van der Waals surface area contributed by atoms with Crippen molar-refractivity contribution in [2.75, 3.05) is 25.0 Å².